The summed E-state index contributed by atoms with van der Waals surface area (Å²) >= 11 is 0. The maximum absolute atomic E-state index is 10.2. The average molecular weight is 142 g/mol. The number of carbonyl (C=O) groups excluding carboxylic acids is 1. The monoisotopic (exact) mass is 142 g/mol. The van der Waals surface area contributed by atoms with Gasteiger partial charge in [-0.3, -0.25) is 4.79 Å². The van der Waals surface area contributed by atoms with Crippen LogP contribution in [-0.4, -0.2) is 55.2 Å². The Balaban J connectivity index is 0. The van der Waals surface area contributed by atoms with Gasteiger partial charge in [0.15, 0.2) is 0 Å². The second kappa shape index (κ2) is 8.39. The van der Waals surface area contributed by atoms with Gasteiger partial charge in [-0.15, -0.1) is 0 Å². The summed E-state index contributed by atoms with van der Waals surface area (Å²) in [6, 6.07) is 0. The molecule has 0 saturated heterocycles. The van der Waals surface area contributed by atoms with Crippen LogP contribution in [0.3, 0.4) is 0 Å². The number of rotatable bonds is 3. The van der Waals surface area contributed by atoms with Crippen LogP contribution in [0.1, 0.15) is 0 Å². The van der Waals surface area contributed by atoms with Gasteiger partial charge in [0.2, 0.25) is 0 Å². The van der Waals surface area contributed by atoms with Crippen LogP contribution in [-0.2, 0) is 9.53 Å². The Bertz CT molecular complexity index is 79.0. The van der Waals surface area contributed by atoms with Gasteiger partial charge in [-0.1, -0.05) is 0 Å². The predicted molar refractivity (Wildman–Crippen MR) is 36.2 cm³/mol. The van der Waals surface area contributed by atoms with Crippen LogP contribution in [0.25, 0.3) is 0 Å². The third-order valence-electron chi connectivity index (χ3n) is 0.548. The fraction of sp³-hybridized carbons (Fsp3) is 0.750. The fourth-order valence-electron chi connectivity index (χ4n) is 0.232. The quantitative estimate of drug-likeness (QED) is 0.346. The van der Waals surface area contributed by atoms with Crippen molar-refractivity contribution in [1.29, 1.82) is 0 Å². The van der Waals surface area contributed by atoms with E-state index in [-0.39, 0.29) is 42.7 Å². The summed E-state index contributed by atoms with van der Waals surface area (Å²) in [4.78, 5) is 10.2. The van der Waals surface area contributed by atoms with Crippen molar-refractivity contribution >= 4 is 35.5 Å². The predicted octanol–water partition coefficient (Wildman–Crippen LogP) is -2.20. The number of hydrogen-bond acceptors (Lipinski definition) is 4. The molecule has 0 saturated carbocycles. The summed E-state index contributed by atoms with van der Waals surface area (Å²) in [5.41, 5.74) is 9.91. The number of carbonyl (C=O) groups is 1. The van der Waals surface area contributed by atoms with Crippen molar-refractivity contribution in [3.63, 3.8) is 0 Å². The Morgan fingerprint density at radius 2 is 2.00 bits per heavy atom. The van der Waals surface area contributed by atoms with Crippen molar-refractivity contribution in [3.8, 4) is 0 Å². The first-order valence-electron chi connectivity index (χ1n) is 2.37. The number of nitrogens with two attached hydrogens (primary N) is 2. The molecule has 50 valence electrons. The van der Waals surface area contributed by atoms with Gasteiger partial charge in [0, 0.05) is 6.54 Å². The number of ether oxygens (including phenoxy) is 1. The summed E-state index contributed by atoms with van der Waals surface area (Å²) < 4.78 is 4.45. The Kier molecular flexibility index (Phi) is 11.3. The summed E-state index contributed by atoms with van der Waals surface area (Å²) in [7, 11) is 0. The van der Waals surface area contributed by atoms with E-state index in [0.29, 0.717) is 6.54 Å². The van der Waals surface area contributed by atoms with Gasteiger partial charge in [0.25, 0.3) is 0 Å². The molecule has 0 aromatic rings. The van der Waals surface area contributed by atoms with Crippen molar-refractivity contribution < 1.29 is 9.53 Å². The van der Waals surface area contributed by atoms with Crippen molar-refractivity contribution in [2.45, 2.75) is 0 Å². The molecule has 0 amide bonds. The molecule has 0 bridgehead atoms. The SMILES string of the molecule is NCCOC(=O)CN.[NaH]. The van der Waals surface area contributed by atoms with E-state index in [1.54, 1.807) is 0 Å². The third-order valence-corrected chi connectivity index (χ3v) is 0.548. The van der Waals surface area contributed by atoms with Crippen molar-refractivity contribution in [2.24, 2.45) is 11.5 Å². The minimum atomic E-state index is -0.407. The summed E-state index contributed by atoms with van der Waals surface area (Å²) in [6.07, 6.45) is 0. The van der Waals surface area contributed by atoms with Crippen LogP contribution < -0.4 is 11.5 Å². The van der Waals surface area contributed by atoms with Gasteiger partial charge >= 0.3 is 35.5 Å². The number of esters is 1. The van der Waals surface area contributed by atoms with Crippen LogP contribution in [0.15, 0.2) is 0 Å². The zero-order valence-corrected chi connectivity index (χ0v) is 4.59. The molecular formula is C4H11N2NaO2. The molecule has 9 heavy (non-hydrogen) atoms. The van der Waals surface area contributed by atoms with E-state index in [0.717, 1.165) is 0 Å². The molecule has 4 nitrogen and oxygen atoms in total. The van der Waals surface area contributed by atoms with E-state index in [1.165, 1.54) is 0 Å². The first-order valence-corrected chi connectivity index (χ1v) is 2.37. The standard InChI is InChI=1S/C4H10N2O2.Na.H/c5-1-2-8-4(7)3-6;;/h1-3,5-6H2;;. The van der Waals surface area contributed by atoms with Crippen LogP contribution in [0.4, 0.5) is 0 Å². The second-order valence-corrected chi connectivity index (χ2v) is 1.21. The average Bonchev–Trinajstić information content (AvgIpc) is 1.83. The first-order chi connectivity index (χ1) is 3.81. The Hall–Kier alpha value is 0.390. The molecule has 0 aliphatic carbocycles. The fourth-order valence-corrected chi connectivity index (χ4v) is 0.232. The molecule has 0 aromatic heterocycles. The van der Waals surface area contributed by atoms with E-state index in [4.69, 9.17) is 11.5 Å². The van der Waals surface area contributed by atoms with Gasteiger partial charge in [0.05, 0.1) is 6.54 Å². The Morgan fingerprint density at radius 1 is 1.44 bits per heavy atom. The van der Waals surface area contributed by atoms with E-state index < -0.39 is 5.97 Å². The summed E-state index contributed by atoms with van der Waals surface area (Å²) in [6.45, 7) is 0.543. The zero-order valence-electron chi connectivity index (χ0n) is 4.59. The topological polar surface area (TPSA) is 78.3 Å². The van der Waals surface area contributed by atoms with Crippen molar-refractivity contribution in [3.05, 3.63) is 0 Å². The molecular weight excluding hydrogens is 131 g/mol. The molecule has 0 atom stereocenters. The van der Waals surface area contributed by atoms with Crippen LogP contribution in [0, 0.1) is 0 Å². The molecule has 5 heteroatoms. The molecule has 0 rings (SSSR count). The molecule has 0 aliphatic rings. The Labute approximate surface area is 76.2 Å². The van der Waals surface area contributed by atoms with Crippen molar-refractivity contribution in [1.82, 2.24) is 0 Å². The molecule has 0 spiro atoms. The van der Waals surface area contributed by atoms with E-state index in [1.807, 2.05) is 0 Å². The maximum atomic E-state index is 10.2. The summed E-state index contributed by atoms with van der Waals surface area (Å²) in [5.74, 6) is -0.407. The first kappa shape index (κ1) is 12.1. The van der Waals surface area contributed by atoms with Crippen molar-refractivity contribution in [2.75, 3.05) is 19.7 Å². The van der Waals surface area contributed by atoms with E-state index in [9.17, 15) is 4.79 Å². The molecule has 0 aromatic carbocycles. The molecule has 0 heterocycles. The normalized spacial score (nSPS) is 7.78. The minimum absolute atomic E-state index is 0. The number of hydrogen-bond donors (Lipinski definition) is 2. The second-order valence-electron chi connectivity index (χ2n) is 1.21. The van der Waals surface area contributed by atoms with Crippen LogP contribution >= 0.6 is 0 Å². The van der Waals surface area contributed by atoms with Gasteiger partial charge in [0.1, 0.15) is 6.61 Å². The van der Waals surface area contributed by atoms with Gasteiger partial charge < -0.3 is 16.2 Å². The Morgan fingerprint density at radius 3 is 2.33 bits per heavy atom. The molecule has 0 radical (unpaired) electrons. The van der Waals surface area contributed by atoms with Gasteiger partial charge in [-0.25, -0.2) is 0 Å². The zero-order chi connectivity index (χ0) is 6.41. The van der Waals surface area contributed by atoms with E-state index in [2.05, 4.69) is 4.74 Å². The van der Waals surface area contributed by atoms with Gasteiger partial charge in [-0.2, -0.15) is 0 Å². The molecule has 0 fully saturated rings. The molecule has 0 unspecified atom stereocenters. The van der Waals surface area contributed by atoms with Gasteiger partial charge in [-0.05, 0) is 0 Å². The van der Waals surface area contributed by atoms with Crippen LogP contribution in [0.2, 0.25) is 0 Å². The third kappa shape index (κ3) is 8.39. The van der Waals surface area contributed by atoms with E-state index >= 15 is 0 Å². The van der Waals surface area contributed by atoms with Crippen LogP contribution in [0.5, 0.6) is 0 Å². The summed E-state index contributed by atoms with van der Waals surface area (Å²) in [5, 5.41) is 0. The molecule has 4 N–H and O–H groups in total. The molecule has 0 aliphatic heterocycles.